The highest BCUT2D eigenvalue weighted by Gasteiger charge is 2.13. The van der Waals surface area contributed by atoms with Gasteiger partial charge in [0.1, 0.15) is 12.1 Å². The molecule has 1 N–H and O–H groups in total. The lowest BCUT2D eigenvalue weighted by molar-refractivity contribution is -0.113. The van der Waals surface area contributed by atoms with Crippen LogP contribution >= 0.6 is 43.6 Å². The summed E-state index contributed by atoms with van der Waals surface area (Å²) < 4.78 is 8.32. The van der Waals surface area contributed by atoms with E-state index in [1.54, 1.807) is 30.3 Å². The molecule has 0 aliphatic rings. The third kappa shape index (κ3) is 4.66. The minimum atomic E-state index is -0.155. The normalized spacial score (nSPS) is 10.6. The van der Waals surface area contributed by atoms with E-state index in [0.29, 0.717) is 16.6 Å². The number of carbonyl (C=O) groups is 1. The topological polar surface area (TPSA) is 69.0 Å². The fourth-order valence-electron chi connectivity index (χ4n) is 2.11. The Kier molecular flexibility index (Phi) is 6.33. The SMILES string of the molecule is COc1cc(Br)c(NC(=O)CSc2ncn(-c3ccccc3)n2)c(Br)c1. The summed E-state index contributed by atoms with van der Waals surface area (Å²) in [6.07, 6.45) is 1.63. The maximum atomic E-state index is 12.3. The first kappa shape index (κ1) is 18.9. The van der Waals surface area contributed by atoms with Crippen molar-refractivity contribution in [3.8, 4) is 11.4 Å². The molecule has 0 aliphatic heterocycles. The monoisotopic (exact) mass is 496 g/mol. The fraction of sp³-hybridized carbons (Fsp3) is 0.118. The predicted molar refractivity (Wildman–Crippen MR) is 109 cm³/mol. The van der Waals surface area contributed by atoms with E-state index in [1.165, 1.54) is 11.8 Å². The highest BCUT2D eigenvalue weighted by molar-refractivity contribution is 9.11. The van der Waals surface area contributed by atoms with Gasteiger partial charge < -0.3 is 10.1 Å². The predicted octanol–water partition coefficient (Wildman–Crippen LogP) is 4.53. The number of carbonyl (C=O) groups excluding carboxylic acids is 1. The maximum Gasteiger partial charge on any atom is 0.234 e. The molecule has 3 rings (SSSR count). The molecule has 0 aliphatic carbocycles. The van der Waals surface area contributed by atoms with E-state index in [2.05, 4.69) is 47.3 Å². The molecular formula is C17H14Br2N4O2S. The Hall–Kier alpha value is -1.84. The summed E-state index contributed by atoms with van der Waals surface area (Å²) in [5.74, 6) is 0.730. The Morgan fingerprint density at radius 3 is 2.58 bits per heavy atom. The molecular weight excluding hydrogens is 484 g/mol. The molecule has 3 aromatic rings. The molecule has 1 amide bonds. The lowest BCUT2D eigenvalue weighted by Gasteiger charge is -2.11. The number of methoxy groups -OCH3 is 1. The molecule has 134 valence electrons. The summed E-state index contributed by atoms with van der Waals surface area (Å²) in [6, 6.07) is 13.3. The van der Waals surface area contributed by atoms with Crippen LogP contribution in [0.3, 0.4) is 0 Å². The third-order valence-corrected chi connectivity index (χ3v) is 5.44. The van der Waals surface area contributed by atoms with Gasteiger partial charge in [0.25, 0.3) is 0 Å². The Bertz CT molecular complexity index is 895. The van der Waals surface area contributed by atoms with Gasteiger partial charge >= 0.3 is 0 Å². The van der Waals surface area contributed by atoms with Crippen LogP contribution in [0, 0.1) is 0 Å². The molecule has 6 nitrogen and oxygen atoms in total. The summed E-state index contributed by atoms with van der Waals surface area (Å²) >= 11 is 8.14. The van der Waals surface area contributed by atoms with Crippen LogP contribution < -0.4 is 10.1 Å². The molecule has 0 spiro atoms. The van der Waals surface area contributed by atoms with Gasteiger partial charge in [-0.25, -0.2) is 9.67 Å². The van der Waals surface area contributed by atoms with Crippen LogP contribution in [0.1, 0.15) is 0 Å². The highest BCUT2D eigenvalue weighted by atomic mass is 79.9. The van der Waals surface area contributed by atoms with Gasteiger partial charge in [-0.3, -0.25) is 4.79 Å². The second kappa shape index (κ2) is 8.70. The van der Waals surface area contributed by atoms with Crippen LogP contribution in [-0.2, 0) is 4.79 Å². The van der Waals surface area contributed by atoms with Crippen molar-refractivity contribution >= 4 is 55.2 Å². The van der Waals surface area contributed by atoms with Crippen molar-refractivity contribution in [2.75, 3.05) is 18.2 Å². The van der Waals surface area contributed by atoms with E-state index in [-0.39, 0.29) is 11.7 Å². The van der Waals surface area contributed by atoms with Crippen LogP contribution in [0.2, 0.25) is 0 Å². The smallest absolute Gasteiger partial charge is 0.234 e. The van der Waals surface area contributed by atoms with Crippen molar-refractivity contribution in [1.82, 2.24) is 14.8 Å². The molecule has 0 bridgehead atoms. The molecule has 1 aromatic heterocycles. The zero-order chi connectivity index (χ0) is 18.5. The number of anilines is 1. The average Bonchev–Trinajstić information content (AvgIpc) is 3.12. The van der Waals surface area contributed by atoms with Gasteiger partial charge in [0.05, 0.1) is 24.2 Å². The summed E-state index contributed by atoms with van der Waals surface area (Å²) in [5.41, 5.74) is 1.57. The number of benzene rings is 2. The van der Waals surface area contributed by atoms with E-state index in [4.69, 9.17) is 4.74 Å². The van der Waals surface area contributed by atoms with Gasteiger partial charge in [0.2, 0.25) is 11.1 Å². The summed E-state index contributed by atoms with van der Waals surface area (Å²) in [5, 5.41) is 7.78. The summed E-state index contributed by atoms with van der Waals surface area (Å²) in [7, 11) is 1.59. The summed E-state index contributed by atoms with van der Waals surface area (Å²) in [6.45, 7) is 0. The highest BCUT2D eigenvalue weighted by Crippen LogP contribution is 2.35. The van der Waals surface area contributed by atoms with Gasteiger partial charge in [-0.1, -0.05) is 30.0 Å². The number of para-hydroxylation sites is 1. The molecule has 0 saturated heterocycles. The minimum absolute atomic E-state index is 0.155. The van der Waals surface area contributed by atoms with E-state index in [9.17, 15) is 4.79 Å². The fourth-order valence-corrected chi connectivity index (χ4v) is 4.05. The van der Waals surface area contributed by atoms with E-state index in [1.807, 2.05) is 30.3 Å². The molecule has 0 atom stereocenters. The first-order chi connectivity index (χ1) is 12.6. The number of nitrogens with zero attached hydrogens (tertiary/aromatic N) is 3. The summed E-state index contributed by atoms with van der Waals surface area (Å²) in [4.78, 5) is 16.5. The van der Waals surface area contributed by atoms with Gasteiger partial charge in [0, 0.05) is 8.95 Å². The Labute approximate surface area is 171 Å². The number of ether oxygens (including phenoxy) is 1. The van der Waals surface area contributed by atoms with Crippen LogP contribution in [-0.4, -0.2) is 33.5 Å². The molecule has 0 saturated carbocycles. The number of nitrogens with one attached hydrogen (secondary N) is 1. The Morgan fingerprint density at radius 2 is 1.92 bits per heavy atom. The lowest BCUT2D eigenvalue weighted by atomic mass is 10.3. The Morgan fingerprint density at radius 1 is 1.23 bits per heavy atom. The molecule has 1 heterocycles. The van der Waals surface area contributed by atoms with Crippen molar-refractivity contribution < 1.29 is 9.53 Å². The number of halogens is 2. The lowest BCUT2D eigenvalue weighted by Crippen LogP contribution is -2.15. The van der Waals surface area contributed by atoms with Gasteiger partial charge in [-0.2, -0.15) is 0 Å². The number of hydrogen-bond acceptors (Lipinski definition) is 5. The number of thioether (sulfide) groups is 1. The van der Waals surface area contributed by atoms with Crippen molar-refractivity contribution in [3.05, 3.63) is 57.7 Å². The molecule has 0 radical (unpaired) electrons. The number of rotatable bonds is 6. The maximum absolute atomic E-state index is 12.3. The number of aromatic nitrogens is 3. The van der Waals surface area contributed by atoms with E-state index in [0.717, 1.165) is 14.6 Å². The van der Waals surface area contributed by atoms with Crippen LogP contribution in [0.5, 0.6) is 5.75 Å². The number of hydrogen-bond donors (Lipinski definition) is 1. The standard InChI is InChI=1S/C17H14Br2N4O2S/c1-25-12-7-13(18)16(14(19)8-12)21-15(24)9-26-17-20-10-23(22-17)11-5-3-2-4-6-11/h2-8,10H,9H2,1H3,(H,21,24). The molecule has 9 heteroatoms. The first-order valence-corrected chi connectivity index (χ1v) is 10.1. The minimum Gasteiger partial charge on any atom is -0.497 e. The van der Waals surface area contributed by atoms with E-state index >= 15 is 0 Å². The largest absolute Gasteiger partial charge is 0.497 e. The van der Waals surface area contributed by atoms with Gasteiger partial charge in [0.15, 0.2) is 0 Å². The van der Waals surface area contributed by atoms with Crippen LogP contribution in [0.15, 0.2) is 62.9 Å². The molecule has 0 unspecified atom stereocenters. The van der Waals surface area contributed by atoms with Gasteiger partial charge in [-0.15, -0.1) is 5.10 Å². The van der Waals surface area contributed by atoms with Gasteiger partial charge in [-0.05, 0) is 56.1 Å². The van der Waals surface area contributed by atoms with Crippen molar-refractivity contribution in [3.63, 3.8) is 0 Å². The van der Waals surface area contributed by atoms with Crippen LogP contribution in [0.25, 0.3) is 5.69 Å². The third-order valence-electron chi connectivity index (χ3n) is 3.34. The second-order valence-corrected chi connectivity index (χ2v) is 7.76. The zero-order valence-corrected chi connectivity index (χ0v) is 17.6. The molecule has 26 heavy (non-hydrogen) atoms. The zero-order valence-electron chi connectivity index (χ0n) is 13.6. The number of amides is 1. The van der Waals surface area contributed by atoms with Crippen molar-refractivity contribution in [2.45, 2.75) is 5.16 Å². The van der Waals surface area contributed by atoms with Crippen LogP contribution in [0.4, 0.5) is 5.69 Å². The van der Waals surface area contributed by atoms with E-state index < -0.39 is 0 Å². The quantitative estimate of drug-likeness (QED) is 0.506. The Balaban J connectivity index is 1.61. The van der Waals surface area contributed by atoms with Crippen molar-refractivity contribution in [2.24, 2.45) is 0 Å². The second-order valence-electron chi connectivity index (χ2n) is 5.11. The molecule has 0 fully saturated rings. The average molecular weight is 498 g/mol. The first-order valence-electron chi connectivity index (χ1n) is 7.49. The van der Waals surface area contributed by atoms with Crippen molar-refractivity contribution in [1.29, 1.82) is 0 Å². The molecule has 2 aromatic carbocycles.